The normalized spacial score (nSPS) is 19.2. The highest BCUT2D eigenvalue weighted by molar-refractivity contribution is 6.03. The van der Waals surface area contributed by atoms with Crippen LogP contribution in [0.3, 0.4) is 0 Å². The molecule has 49 heavy (non-hydrogen) atoms. The van der Waals surface area contributed by atoms with Crippen molar-refractivity contribution in [1.82, 2.24) is 0 Å². The Kier molecular flexibility index (Phi) is 6.77. The zero-order valence-corrected chi connectivity index (χ0v) is 29.8. The van der Waals surface area contributed by atoms with Gasteiger partial charge in [0.25, 0.3) is 0 Å². The van der Waals surface area contributed by atoms with Gasteiger partial charge >= 0.3 is 0 Å². The molecule has 2 atom stereocenters. The molecule has 0 amide bonds. The largest absolute Gasteiger partial charge is 0.221 e. The maximum atomic E-state index is 16.6. The maximum absolute atomic E-state index is 16.6. The van der Waals surface area contributed by atoms with Crippen molar-refractivity contribution in [3.63, 3.8) is 0 Å². The molecular formula is C46H47FN2+2. The average molecular weight is 647 g/mol. The fraction of sp³-hybridized carbons (Fsp3) is 0.348. The first-order chi connectivity index (χ1) is 23.7. The molecule has 0 bridgehead atoms. The molecule has 3 heteroatoms. The van der Waals surface area contributed by atoms with Gasteiger partial charge < -0.3 is 0 Å². The molecule has 4 aromatic carbocycles. The van der Waals surface area contributed by atoms with E-state index in [4.69, 9.17) is 0 Å². The van der Waals surface area contributed by atoms with Crippen molar-refractivity contribution in [3.05, 3.63) is 130 Å². The molecule has 9 rings (SSSR count). The SMILES string of the molecule is CCCCc1ccc2c3c4[n+](ccc13)C(CC)(CC)C(C1C[n+]3ccc5ccccc5c3-c3cc(C)ccc31)c1ccc(F)c(c1-4)C2(C)C. The number of rotatable bonds is 6. The summed E-state index contributed by atoms with van der Waals surface area (Å²) in [5.74, 6) is 0.277. The molecule has 0 N–H and O–H groups in total. The molecular weight excluding hydrogens is 600 g/mol. The van der Waals surface area contributed by atoms with E-state index in [1.54, 1.807) is 6.07 Å². The molecule has 0 saturated carbocycles. The minimum Gasteiger partial charge on any atom is -0.207 e. The number of hydrogen-bond donors (Lipinski definition) is 0. The molecule has 246 valence electrons. The van der Waals surface area contributed by atoms with Gasteiger partial charge in [0.1, 0.15) is 5.82 Å². The number of fused-ring (bicyclic) bond motifs is 5. The smallest absolute Gasteiger partial charge is 0.207 e. The van der Waals surface area contributed by atoms with Crippen LogP contribution < -0.4 is 9.13 Å². The lowest BCUT2D eigenvalue weighted by Crippen LogP contribution is -2.64. The summed E-state index contributed by atoms with van der Waals surface area (Å²) < 4.78 is 21.7. The van der Waals surface area contributed by atoms with Crippen molar-refractivity contribution in [2.75, 3.05) is 0 Å². The lowest BCUT2D eigenvalue weighted by Gasteiger charge is -2.47. The second-order valence-corrected chi connectivity index (χ2v) is 15.6. The van der Waals surface area contributed by atoms with Gasteiger partial charge in [0.05, 0.1) is 33.7 Å². The van der Waals surface area contributed by atoms with Crippen molar-refractivity contribution in [3.8, 4) is 22.5 Å². The fourth-order valence-electron chi connectivity index (χ4n) is 10.6. The van der Waals surface area contributed by atoms with Crippen molar-refractivity contribution in [2.24, 2.45) is 0 Å². The van der Waals surface area contributed by atoms with Crippen molar-refractivity contribution in [2.45, 2.75) is 103 Å². The van der Waals surface area contributed by atoms with E-state index >= 15 is 4.39 Å². The van der Waals surface area contributed by atoms with Gasteiger partial charge in [-0.2, -0.15) is 9.13 Å². The Morgan fingerprint density at radius 3 is 2.41 bits per heavy atom. The van der Waals surface area contributed by atoms with Gasteiger partial charge in [-0.1, -0.05) is 95.1 Å². The third-order valence-corrected chi connectivity index (χ3v) is 12.9. The molecule has 3 aliphatic rings. The van der Waals surface area contributed by atoms with E-state index in [1.807, 2.05) is 0 Å². The van der Waals surface area contributed by atoms with Crippen molar-refractivity contribution in [1.29, 1.82) is 0 Å². The molecule has 1 aliphatic carbocycles. The van der Waals surface area contributed by atoms with E-state index in [0.717, 1.165) is 36.9 Å². The van der Waals surface area contributed by atoms with Crippen LogP contribution in [0.1, 0.15) is 106 Å². The second-order valence-electron chi connectivity index (χ2n) is 15.6. The fourth-order valence-corrected chi connectivity index (χ4v) is 10.6. The Morgan fingerprint density at radius 2 is 1.61 bits per heavy atom. The number of unbranched alkanes of at least 4 members (excludes halogenated alkanes) is 1. The van der Waals surface area contributed by atoms with E-state index in [9.17, 15) is 0 Å². The van der Waals surface area contributed by atoms with Gasteiger partial charge in [-0.3, -0.25) is 0 Å². The van der Waals surface area contributed by atoms with E-state index in [0.29, 0.717) is 0 Å². The van der Waals surface area contributed by atoms with Crippen LogP contribution in [0.4, 0.5) is 4.39 Å². The Morgan fingerprint density at radius 1 is 0.816 bits per heavy atom. The summed E-state index contributed by atoms with van der Waals surface area (Å²) in [6.45, 7) is 14.6. The lowest BCUT2D eigenvalue weighted by atomic mass is 9.58. The number of benzene rings is 4. The molecule has 0 radical (unpaired) electrons. The first-order valence-electron chi connectivity index (χ1n) is 18.6. The zero-order valence-electron chi connectivity index (χ0n) is 29.8. The quantitative estimate of drug-likeness (QED) is 0.159. The van der Waals surface area contributed by atoms with Crippen molar-refractivity contribution >= 4 is 21.5 Å². The van der Waals surface area contributed by atoms with Crippen LogP contribution in [-0.4, -0.2) is 0 Å². The van der Waals surface area contributed by atoms with E-state index in [2.05, 4.69) is 136 Å². The molecule has 6 aromatic rings. The number of halogens is 1. The van der Waals surface area contributed by atoms with Crippen LogP contribution in [0.5, 0.6) is 0 Å². The monoisotopic (exact) mass is 646 g/mol. The zero-order chi connectivity index (χ0) is 33.8. The third-order valence-electron chi connectivity index (χ3n) is 12.9. The van der Waals surface area contributed by atoms with Gasteiger partial charge in [-0.25, -0.2) is 4.39 Å². The predicted molar refractivity (Wildman–Crippen MR) is 199 cm³/mol. The van der Waals surface area contributed by atoms with Gasteiger partial charge in [0, 0.05) is 36.0 Å². The maximum Gasteiger partial charge on any atom is 0.221 e. The van der Waals surface area contributed by atoms with Crippen molar-refractivity contribution < 1.29 is 13.5 Å². The minimum atomic E-state index is -0.464. The third kappa shape index (κ3) is 3.99. The topological polar surface area (TPSA) is 7.76 Å². The van der Waals surface area contributed by atoms with E-state index < -0.39 is 5.41 Å². The molecule has 2 nitrogen and oxygen atoms in total. The van der Waals surface area contributed by atoms with E-state index in [1.165, 1.54) is 79.2 Å². The highest BCUT2D eigenvalue weighted by Gasteiger charge is 2.59. The predicted octanol–water partition coefficient (Wildman–Crippen LogP) is 10.7. The minimum absolute atomic E-state index is 0.0851. The first kappa shape index (κ1) is 30.7. The average Bonchev–Trinajstić information content (AvgIpc) is 3.11. The van der Waals surface area contributed by atoms with Crippen LogP contribution in [0.2, 0.25) is 0 Å². The summed E-state index contributed by atoms with van der Waals surface area (Å²) in [5.41, 5.74) is 11.9. The summed E-state index contributed by atoms with van der Waals surface area (Å²) in [5, 5.41) is 5.26. The van der Waals surface area contributed by atoms with Crippen LogP contribution in [0.25, 0.3) is 44.1 Å². The van der Waals surface area contributed by atoms with Gasteiger partial charge in [0.2, 0.25) is 11.4 Å². The van der Waals surface area contributed by atoms with Crippen LogP contribution in [0, 0.1) is 12.7 Å². The number of hydrogen-bond acceptors (Lipinski definition) is 0. The molecule has 2 aromatic heterocycles. The Hall–Kier alpha value is -4.37. The van der Waals surface area contributed by atoms with Gasteiger partial charge in [0.15, 0.2) is 24.5 Å². The van der Waals surface area contributed by atoms with Crippen LogP contribution >= 0.6 is 0 Å². The lowest BCUT2D eigenvalue weighted by molar-refractivity contribution is -0.765. The molecule has 0 fully saturated rings. The number of pyridine rings is 2. The standard InChI is InChI=1S/C46H47FN2/c1-7-10-13-29-17-20-37-39-31(29)23-25-49-44(39)40-34(19-21-38(47)42(40)45(37,5)6)41(46(49,8-2)9-3)36-27-48-24-22-30-14-11-12-15-32(30)43(48)35-26-28(4)16-18-33(35)36/h11-12,14-26,36,41H,7-10,13,27H2,1-6H3/q+2. The summed E-state index contributed by atoms with van der Waals surface area (Å²) in [4.78, 5) is 0. The Labute approximate surface area is 290 Å². The molecule has 4 heterocycles. The molecule has 0 saturated heterocycles. The van der Waals surface area contributed by atoms with E-state index in [-0.39, 0.29) is 23.2 Å². The number of aryl methyl sites for hydroxylation is 2. The highest BCUT2D eigenvalue weighted by Crippen LogP contribution is 2.59. The number of aromatic nitrogens is 2. The highest BCUT2D eigenvalue weighted by atomic mass is 19.1. The summed E-state index contributed by atoms with van der Waals surface area (Å²) in [6.07, 6.45) is 10.1. The Bertz CT molecular complexity index is 2340. The molecule has 2 unspecified atom stereocenters. The summed E-state index contributed by atoms with van der Waals surface area (Å²) in [7, 11) is 0. The molecule has 0 spiro atoms. The van der Waals surface area contributed by atoms with Gasteiger partial charge in [-0.05, 0) is 71.0 Å². The first-order valence-corrected chi connectivity index (χ1v) is 18.6. The van der Waals surface area contributed by atoms with Crippen LogP contribution in [-0.2, 0) is 23.9 Å². The van der Waals surface area contributed by atoms with Crippen LogP contribution in [0.15, 0.2) is 91.3 Å². The Balaban J connectivity index is 1.37. The summed E-state index contributed by atoms with van der Waals surface area (Å²) >= 11 is 0. The van der Waals surface area contributed by atoms with Gasteiger partial charge in [-0.15, -0.1) is 0 Å². The second kappa shape index (κ2) is 10.8. The summed E-state index contributed by atoms with van der Waals surface area (Å²) in [6, 6.07) is 29.2. The number of nitrogens with zero attached hydrogens (tertiary/aromatic N) is 2. The molecule has 2 aliphatic heterocycles.